The fourth-order valence-electron chi connectivity index (χ4n) is 2.71. The van der Waals surface area contributed by atoms with Crippen molar-refractivity contribution in [2.45, 2.75) is 6.54 Å². The normalized spacial score (nSPS) is 11.5. The van der Waals surface area contributed by atoms with Crippen LogP contribution in [-0.4, -0.2) is 10.1 Å². The minimum Gasteiger partial charge on any atom is -0.507 e. The second-order valence-corrected chi connectivity index (χ2v) is 5.89. The predicted octanol–water partition coefficient (Wildman–Crippen LogP) is 3.17. The quantitative estimate of drug-likeness (QED) is 0.530. The first-order chi connectivity index (χ1) is 10.7. The second-order valence-electron chi connectivity index (χ2n) is 4.97. The fraction of sp³-hybridized carbons (Fsp3) is 0.0625. The molecule has 0 aliphatic heterocycles. The number of pyridine rings is 1. The minimum atomic E-state index is -0.128. The van der Waals surface area contributed by atoms with E-state index in [0.29, 0.717) is 27.3 Å². The van der Waals surface area contributed by atoms with E-state index in [4.69, 9.17) is 10.2 Å². The van der Waals surface area contributed by atoms with Crippen LogP contribution in [-0.2, 0) is 6.54 Å². The Morgan fingerprint density at radius 2 is 2.09 bits per heavy atom. The number of aromatic nitrogens is 1. The van der Waals surface area contributed by atoms with Gasteiger partial charge in [0, 0.05) is 16.3 Å². The summed E-state index contributed by atoms with van der Waals surface area (Å²) in [5.41, 5.74) is 6.68. The first kappa shape index (κ1) is 13.1. The average molecular weight is 312 g/mol. The number of hydrogen-bond donors (Lipinski definition) is 3. The third-order valence-electron chi connectivity index (χ3n) is 3.68. The van der Waals surface area contributed by atoms with Crippen molar-refractivity contribution in [3.8, 4) is 17.1 Å². The van der Waals surface area contributed by atoms with Crippen LogP contribution in [0, 0.1) is 0 Å². The van der Waals surface area contributed by atoms with Crippen LogP contribution in [0.15, 0.2) is 44.9 Å². The van der Waals surface area contributed by atoms with Crippen LogP contribution in [0.4, 0.5) is 0 Å². The molecule has 0 aliphatic rings. The van der Waals surface area contributed by atoms with Gasteiger partial charge in [0.2, 0.25) is 0 Å². The van der Waals surface area contributed by atoms with Crippen molar-refractivity contribution in [2.24, 2.45) is 5.73 Å². The van der Waals surface area contributed by atoms with E-state index in [0.717, 1.165) is 10.8 Å². The van der Waals surface area contributed by atoms with Gasteiger partial charge in [-0.3, -0.25) is 4.79 Å². The highest BCUT2D eigenvalue weighted by molar-refractivity contribution is 7.17. The lowest BCUT2D eigenvalue weighted by molar-refractivity contribution is 0.472. The van der Waals surface area contributed by atoms with Gasteiger partial charge < -0.3 is 20.2 Å². The molecule has 0 radical (unpaired) electrons. The highest BCUT2D eigenvalue weighted by Gasteiger charge is 2.17. The Kier molecular flexibility index (Phi) is 2.82. The number of rotatable bonds is 2. The van der Waals surface area contributed by atoms with Crippen LogP contribution in [0.25, 0.3) is 32.3 Å². The molecule has 22 heavy (non-hydrogen) atoms. The second kappa shape index (κ2) is 4.72. The van der Waals surface area contributed by atoms with Crippen LogP contribution in [0.3, 0.4) is 0 Å². The zero-order valence-corrected chi connectivity index (χ0v) is 12.2. The molecular formula is C16H12N2O3S. The van der Waals surface area contributed by atoms with E-state index in [1.54, 1.807) is 24.3 Å². The standard InChI is InChI=1S/C16H12N2O3S/c17-7-8-1-4-12(21-8)14-11(19)3-2-10-13(14)9-5-6-22-15(9)16(20)18-10/h1-6,19H,7,17H2,(H,18,20). The van der Waals surface area contributed by atoms with Gasteiger partial charge in [0.1, 0.15) is 22.0 Å². The molecule has 5 nitrogen and oxygen atoms in total. The lowest BCUT2D eigenvalue weighted by Crippen LogP contribution is -2.04. The zero-order valence-electron chi connectivity index (χ0n) is 11.4. The van der Waals surface area contributed by atoms with Gasteiger partial charge in [-0.1, -0.05) is 0 Å². The molecule has 0 atom stereocenters. The maximum absolute atomic E-state index is 12.1. The Bertz CT molecular complexity index is 1060. The molecule has 0 saturated carbocycles. The Morgan fingerprint density at radius 3 is 2.86 bits per heavy atom. The van der Waals surface area contributed by atoms with Gasteiger partial charge in [-0.05, 0) is 35.7 Å². The number of nitrogens with two attached hydrogens (primary N) is 1. The summed E-state index contributed by atoms with van der Waals surface area (Å²) in [7, 11) is 0. The Morgan fingerprint density at radius 1 is 1.23 bits per heavy atom. The molecule has 6 heteroatoms. The maximum atomic E-state index is 12.1. The molecule has 4 rings (SSSR count). The minimum absolute atomic E-state index is 0.102. The van der Waals surface area contributed by atoms with Crippen molar-refractivity contribution < 1.29 is 9.52 Å². The SMILES string of the molecule is NCc1ccc(-c2c(O)ccc3[nH]c(=O)c4sccc4c23)o1. The van der Waals surface area contributed by atoms with E-state index >= 15 is 0 Å². The number of aromatic amines is 1. The number of aromatic hydroxyl groups is 1. The monoisotopic (exact) mass is 312 g/mol. The predicted molar refractivity (Wildman–Crippen MR) is 87.2 cm³/mol. The van der Waals surface area contributed by atoms with Gasteiger partial charge >= 0.3 is 0 Å². The van der Waals surface area contributed by atoms with Gasteiger partial charge in [0.15, 0.2) is 0 Å². The highest BCUT2D eigenvalue weighted by atomic mass is 32.1. The molecule has 4 aromatic rings. The van der Waals surface area contributed by atoms with Gasteiger partial charge in [-0.2, -0.15) is 0 Å². The van der Waals surface area contributed by atoms with Crippen LogP contribution in [0.5, 0.6) is 5.75 Å². The van der Waals surface area contributed by atoms with Gasteiger partial charge in [0.25, 0.3) is 5.56 Å². The Labute approximate surface area is 128 Å². The third-order valence-corrected chi connectivity index (χ3v) is 4.59. The van der Waals surface area contributed by atoms with Crippen molar-refractivity contribution in [1.82, 2.24) is 4.98 Å². The average Bonchev–Trinajstić information content (AvgIpc) is 3.16. The summed E-state index contributed by atoms with van der Waals surface area (Å²) in [6.45, 7) is 0.288. The van der Waals surface area contributed by atoms with Crippen molar-refractivity contribution in [1.29, 1.82) is 0 Å². The summed E-state index contributed by atoms with van der Waals surface area (Å²) in [4.78, 5) is 14.9. The molecule has 1 aromatic carbocycles. The Hall–Kier alpha value is -2.57. The van der Waals surface area contributed by atoms with Crippen molar-refractivity contribution in [2.75, 3.05) is 0 Å². The van der Waals surface area contributed by atoms with Crippen LogP contribution in [0.1, 0.15) is 5.76 Å². The highest BCUT2D eigenvalue weighted by Crippen LogP contribution is 2.40. The molecule has 4 N–H and O–H groups in total. The molecule has 0 unspecified atom stereocenters. The summed E-state index contributed by atoms with van der Waals surface area (Å²) in [6, 6.07) is 8.69. The summed E-state index contributed by atoms with van der Waals surface area (Å²) in [6.07, 6.45) is 0. The first-order valence-electron chi connectivity index (χ1n) is 6.73. The number of nitrogens with one attached hydrogen (secondary N) is 1. The van der Waals surface area contributed by atoms with Gasteiger partial charge in [-0.15, -0.1) is 11.3 Å². The van der Waals surface area contributed by atoms with E-state index in [2.05, 4.69) is 4.98 Å². The molecule has 0 amide bonds. The van der Waals surface area contributed by atoms with E-state index < -0.39 is 0 Å². The molecule has 3 aromatic heterocycles. The summed E-state index contributed by atoms with van der Waals surface area (Å²) in [5.74, 6) is 1.27. The Balaban J connectivity index is 2.19. The van der Waals surface area contributed by atoms with E-state index in [1.807, 2.05) is 11.4 Å². The van der Waals surface area contributed by atoms with E-state index in [1.165, 1.54) is 11.3 Å². The van der Waals surface area contributed by atoms with Crippen molar-refractivity contribution in [3.63, 3.8) is 0 Å². The van der Waals surface area contributed by atoms with Crippen LogP contribution < -0.4 is 11.3 Å². The smallest absolute Gasteiger partial charge is 0.266 e. The number of benzene rings is 1. The van der Waals surface area contributed by atoms with Gasteiger partial charge in [-0.25, -0.2) is 0 Å². The number of furan rings is 1. The van der Waals surface area contributed by atoms with E-state index in [-0.39, 0.29) is 17.9 Å². The number of hydrogen-bond acceptors (Lipinski definition) is 5. The molecule has 0 aliphatic carbocycles. The molecule has 0 bridgehead atoms. The topological polar surface area (TPSA) is 92.2 Å². The molecule has 0 fully saturated rings. The number of phenolic OH excluding ortho intramolecular Hbond substituents is 1. The lowest BCUT2D eigenvalue weighted by atomic mass is 10.0. The molecule has 110 valence electrons. The van der Waals surface area contributed by atoms with Crippen LogP contribution >= 0.6 is 11.3 Å². The van der Waals surface area contributed by atoms with Gasteiger partial charge in [0.05, 0.1) is 12.1 Å². The molecule has 0 saturated heterocycles. The lowest BCUT2D eigenvalue weighted by Gasteiger charge is -2.08. The third kappa shape index (κ3) is 1.78. The number of H-pyrrole nitrogens is 1. The molecule has 0 spiro atoms. The van der Waals surface area contributed by atoms with E-state index in [9.17, 15) is 9.90 Å². The van der Waals surface area contributed by atoms with Crippen molar-refractivity contribution >= 4 is 32.3 Å². The van der Waals surface area contributed by atoms with Crippen molar-refractivity contribution in [3.05, 3.63) is 51.8 Å². The largest absolute Gasteiger partial charge is 0.507 e. The zero-order chi connectivity index (χ0) is 15.3. The molecular weight excluding hydrogens is 300 g/mol. The summed E-state index contributed by atoms with van der Waals surface area (Å²) >= 11 is 1.37. The number of thiophene rings is 1. The summed E-state index contributed by atoms with van der Waals surface area (Å²) < 4.78 is 6.32. The first-order valence-corrected chi connectivity index (χ1v) is 7.61. The molecule has 3 heterocycles. The maximum Gasteiger partial charge on any atom is 0.266 e. The number of phenols is 1. The van der Waals surface area contributed by atoms with Crippen LogP contribution in [0.2, 0.25) is 0 Å². The fourth-order valence-corrected chi connectivity index (χ4v) is 3.50. The number of fused-ring (bicyclic) bond motifs is 3. The summed E-state index contributed by atoms with van der Waals surface area (Å²) in [5, 5.41) is 13.8.